The number of methoxy groups -OCH3 is 2. The lowest BCUT2D eigenvalue weighted by atomic mass is 9.89. The van der Waals surface area contributed by atoms with Crippen LogP contribution in [0.2, 0.25) is 0 Å². The number of aromatic nitrogens is 2. The highest BCUT2D eigenvalue weighted by atomic mass is 35.5. The highest BCUT2D eigenvalue weighted by Gasteiger charge is 2.33. The molecule has 0 spiro atoms. The van der Waals surface area contributed by atoms with Gasteiger partial charge in [0.2, 0.25) is 11.8 Å². The van der Waals surface area contributed by atoms with Gasteiger partial charge in [-0.15, -0.1) is 16.7 Å². The smallest absolute Gasteiger partial charge is 0.260 e. The van der Waals surface area contributed by atoms with Crippen molar-refractivity contribution in [1.82, 2.24) is 20.8 Å². The van der Waals surface area contributed by atoms with Crippen LogP contribution in [0.15, 0.2) is 6.20 Å². The number of ether oxygens (including phenoxy) is 2. The van der Waals surface area contributed by atoms with E-state index in [0.29, 0.717) is 6.54 Å². The molecule has 0 saturated heterocycles. The van der Waals surface area contributed by atoms with Crippen LogP contribution in [-0.2, 0) is 4.79 Å². The number of hydrogen-bond donors (Lipinski definition) is 2. The van der Waals surface area contributed by atoms with E-state index in [1.54, 1.807) is 0 Å². The molecule has 144 valence electrons. The highest BCUT2D eigenvalue weighted by Crippen LogP contribution is 2.28. The molecule has 0 bridgehead atoms. The summed E-state index contributed by atoms with van der Waals surface area (Å²) in [5, 5.41) is 13.5. The Kier molecular flexibility index (Phi) is 7.44. The molecule has 2 N–H and O–H groups in total. The molecule has 9 heteroatoms. The van der Waals surface area contributed by atoms with E-state index in [4.69, 9.17) is 21.1 Å². The van der Waals surface area contributed by atoms with E-state index in [1.165, 1.54) is 20.4 Å². The van der Waals surface area contributed by atoms with Crippen LogP contribution in [0.5, 0.6) is 11.6 Å². The maximum absolute atomic E-state index is 12.8. The third-order valence-electron chi connectivity index (χ3n) is 4.60. The average molecular weight is 385 g/mol. The monoisotopic (exact) mass is 384 g/mol. The second-order valence-corrected chi connectivity index (χ2v) is 6.62. The zero-order chi connectivity index (χ0) is 19.0. The summed E-state index contributed by atoms with van der Waals surface area (Å²) in [6.45, 7) is 0.295. The fraction of sp³-hybridized carbons (Fsp3) is 0.647. The summed E-state index contributed by atoms with van der Waals surface area (Å²) in [6.07, 6.45) is 7.14. The second kappa shape index (κ2) is 9.56. The molecule has 0 aliphatic heterocycles. The van der Waals surface area contributed by atoms with Crippen LogP contribution in [0, 0.1) is 0 Å². The van der Waals surface area contributed by atoms with Crippen molar-refractivity contribution >= 4 is 23.4 Å². The molecule has 2 amide bonds. The molecule has 1 aliphatic carbocycles. The molecular weight excluding hydrogens is 360 g/mol. The van der Waals surface area contributed by atoms with Gasteiger partial charge in [0.05, 0.1) is 26.0 Å². The van der Waals surface area contributed by atoms with E-state index < -0.39 is 11.4 Å². The quantitative estimate of drug-likeness (QED) is 0.547. The lowest BCUT2D eigenvalue weighted by Crippen LogP contribution is -2.55. The van der Waals surface area contributed by atoms with Crippen molar-refractivity contribution in [1.29, 1.82) is 0 Å². The molecule has 26 heavy (non-hydrogen) atoms. The fourth-order valence-corrected chi connectivity index (χ4v) is 3.35. The standard InChI is InChI=1S/C17H25ClN4O4/c1-25-12-10-20-22-16(26-2)14(12)15(24)19-11-17(21-13(23)9-18)7-5-3-4-6-8-17/h10H,3-9,11H2,1-2H3,(H,19,24)(H,21,23). The molecule has 1 heterocycles. The number of alkyl halides is 1. The Labute approximate surface area is 158 Å². The maximum Gasteiger partial charge on any atom is 0.260 e. The first-order chi connectivity index (χ1) is 12.5. The Hall–Kier alpha value is -2.09. The molecule has 1 aromatic rings. The molecule has 1 aliphatic rings. The van der Waals surface area contributed by atoms with E-state index in [0.717, 1.165) is 38.5 Å². The number of amides is 2. The van der Waals surface area contributed by atoms with Crippen molar-refractivity contribution in [2.45, 2.75) is 44.1 Å². The minimum Gasteiger partial charge on any atom is -0.494 e. The molecule has 0 radical (unpaired) electrons. The summed E-state index contributed by atoms with van der Waals surface area (Å²) in [7, 11) is 2.86. The van der Waals surface area contributed by atoms with Crippen LogP contribution in [0.1, 0.15) is 48.9 Å². The SMILES string of the molecule is COc1cnnc(OC)c1C(=O)NCC1(NC(=O)CCl)CCCCCC1. The molecule has 2 rings (SSSR count). The summed E-state index contributed by atoms with van der Waals surface area (Å²) < 4.78 is 10.3. The van der Waals surface area contributed by atoms with Gasteiger partial charge in [-0.1, -0.05) is 25.7 Å². The van der Waals surface area contributed by atoms with Gasteiger partial charge in [0, 0.05) is 6.54 Å². The van der Waals surface area contributed by atoms with Crippen molar-refractivity contribution in [3.8, 4) is 11.6 Å². The Morgan fingerprint density at radius 3 is 2.46 bits per heavy atom. The Balaban J connectivity index is 2.18. The van der Waals surface area contributed by atoms with Crippen molar-refractivity contribution in [3.05, 3.63) is 11.8 Å². The van der Waals surface area contributed by atoms with Gasteiger partial charge in [-0.2, -0.15) is 5.10 Å². The van der Waals surface area contributed by atoms with E-state index in [2.05, 4.69) is 20.8 Å². The number of carbonyl (C=O) groups excluding carboxylic acids is 2. The predicted octanol–water partition coefficient (Wildman–Crippen LogP) is 1.67. The lowest BCUT2D eigenvalue weighted by Gasteiger charge is -2.34. The van der Waals surface area contributed by atoms with Crippen LogP contribution in [0.4, 0.5) is 0 Å². The van der Waals surface area contributed by atoms with Gasteiger partial charge in [-0.25, -0.2) is 0 Å². The summed E-state index contributed by atoms with van der Waals surface area (Å²) in [4.78, 5) is 24.7. The second-order valence-electron chi connectivity index (χ2n) is 6.36. The van der Waals surface area contributed by atoms with Crippen LogP contribution >= 0.6 is 11.6 Å². The van der Waals surface area contributed by atoms with Gasteiger partial charge in [-0.05, 0) is 12.8 Å². The van der Waals surface area contributed by atoms with Gasteiger partial charge in [0.25, 0.3) is 5.91 Å². The van der Waals surface area contributed by atoms with E-state index in [9.17, 15) is 9.59 Å². The van der Waals surface area contributed by atoms with Gasteiger partial charge >= 0.3 is 0 Å². The van der Waals surface area contributed by atoms with Crippen LogP contribution < -0.4 is 20.1 Å². The predicted molar refractivity (Wildman–Crippen MR) is 96.8 cm³/mol. The Morgan fingerprint density at radius 1 is 1.19 bits per heavy atom. The minimum absolute atomic E-state index is 0.0848. The molecule has 1 aromatic heterocycles. The number of nitrogens with zero attached hydrogens (tertiary/aromatic N) is 2. The topological polar surface area (TPSA) is 102 Å². The number of nitrogens with one attached hydrogen (secondary N) is 2. The number of rotatable bonds is 7. The molecule has 1 saturated carbocycles. The Bertz CT molecular complexity index is 611. The molecular formula is C17H25ClN4O4. The number of hydrogen-bond acceptors (Lipinski definition) is 6. The molecule has 0 aromatic carbocycles. The van der Waals surface area contributed by atoms with Gasteiger partial charge in [0.15, 0.2) is 5.75 Å². The zero-order valence-electron chi connectivity index (χ0n) is 15.1. The van der Waals surface area contributed by atoms with E-state index in [-0.39, 0.29) is 29.0 Å². The summed E-state index contributed by atoms with van der Waals surface area (Å²) in [5.41, 5.74) is -0.323. The highest BCUT2D eigenvalue weighted by molar-refractivity contribution is 6.27. The normalized spacial score (nSPS) is 16.3. The molecule has 8 nitrogen and oxygen atoms in total. The third-order valence-corrected chi connectivity index (χ3v) is 4.84. The first-order valence-electron chi connectivity index (χ1n) is 8.64. The summed E-state index contributed by atoms with van der Waals surface area (Å²) in [5.74, 6) is -0.373. The zero-order valence-corrected chi connectivity index (χ0v) is 15.9. The van der Waals surface area contributed by atoms with Crippen molar-refractivity contribution in [2.24, 2.45) is 0 Å². The fourth-order valence-electron chi connectivity index (χ4n) is 3.28. The van der Waals surface area contributed by atoms with Crippen molar-refractivity contribution < 1.29 is 19.1 Å². The number of carbonyl (C=O) groups is 2. The van der Waals surface area contributed by atoms with Crippen LogP contribution in [0.3, 0.4) is 0 Å². The van der Waals surface area contributed by atoms with Crippen molar-refractivity contribution in [3.63, 3.8) is 0 Å². The largest absolute Gasteiger partial charge is 0.494 e. The summed E-state index contributed by atoms with van der Waals surface area (Å²) in [6, 6.07) is 0. The third kappa shape index (κ3) is 4.97. The molecule has 0 unspecified atom stereocenters. The lowest BCUT2D eigenvalue weighted by molar-refractivity contribution is -0.120. The van der Waals surface area contributed by atoms with Gasteiger partial charge in [0.1, 0.15) is 11.4 Å². The Morgan fingerprint density at radius 2 is 1.88 bits per heavy atom. The van der Waals surface area contributed by atoms with Gasteiger partial charge in [-0.3, -0.25) is 9.59 Å². The van der Waals surface area contributed by atoms with Crippen LogP contribution in [-0.4, -0.2) is 54.2 Å². The molecule has 1 fully saturated rings. The van der Waals surface area contributed by atoms with E-state index >= 15 is 0 Å². The summed E-state index contributed by atoms with van der Waals surface area (Å²) >= 11 is 5.66. The first kappa shape index (κ1) is 20.2. The van der Waals surface area contributed by atoms with Gasteiger partial charge < -0.3 is 20.1 Å². The maximum atomic E-state index is 12.8. The van der Waals surface area contributed by atoms with Crippen molar-refractivity contribution in [2.75, 3.05) is 26.6 Å². The minimum atomic E-state index is -0.501. The number of halogens is 1. The average Bonchev–Trinajstić information content (AvgIpc) is 2.91. The first-order valence-corrected chi connectivity index (χ1v) is 9.17. The van der Waals surface area contributed by atoms with E-state index in [1.807, 2.05) is 0 Å². The molecule has 0 atom stereocenters. The van der Waals surface area contributed by atoms with Crippen LogP contribution in [0.25, 0.3) is 0 Å².